The normalized spacial score (nSPS) is 20.0. The lowest BCUT2D eigenvalue weighted by molar-refractivity contribution is -0.116. The molecule has 0 spiro atoms. The van der Waals surface area contributed by atoms with Crippen LogP contribution in [-0.2, 0) is 4.79 Å². The van der Waals surface area contributed by atoms with Gasteiger partial charge in [0, 0.05) is 0 Å². The van der Waals surface area contributed by atoms with Gasteiger partial charge in [-0.1, -0.05) is 25.6 Å². The van der Waals surface area contributed by atoms with Crippen LogP contribution in [0.15, 0.2) is 11.2 Å². The number of aromatic nitrogens is 2. The van der Waals surface area contributed by atoms with Crippen LogP contribution < -0.4 is 5.32 Å². The molecule has 1 aromatic rings. The Labute approximate surface area is 96.8 Å². The summed E-state index contributed by atoms with van der Waals surface area (Å²) in [6.07, 6.45) is 1.53. The van der Waals surface area contributed by atoms with Gasteiger partial charge in [0.1, 0.15) is 5.03 Å². The Bertz CT molecular complexity index is 410. The van der Waals surface area contributed by atoms with Crippen molar-refractivity contribution in [2.45, 2.75) is 24.1 Å². The van der Waals surface area contributed by atoms with Crippen LogP contribution in [0.25, 0.3) is 0 Å². The minimum Gasteiger partial charge on any atom is -0.322 e. The first-order valence-electron chi connectivity index (χ1n) is 4.58. The smallest absolute Gasteiger partial charge is 0.238 e. The zero-order valence-corrected chi connectivity index (χ0v) is 9.89. The van der Waals surface area contributed by atoms with Gasteiger partial charge in [0.15, 0.2) is 0 Å². The Morgan fingerprint density at radius 2 is 2.33 bits per heavy atom. The van der Waals surface area contributed by atoms with E-state index in [-0.39, 0.29) is 22.4 Å². The molecule has 0 aliphatic carbocycles. The maximum Gasteiger partial charge on any atom is 0.238 e. The molecule has 1 N–H and O–H groups in total. The molecule has 2 rings (SSSR count). The molecule has 15 heavy (non-hydrogen) atoms. The summed E-state index contributed by atoms with van der Waals surface area (Å²) in [4.78, 5) is 19.6. The Morgan fingerprint density at radius 1 is 1.60 bits per heavy atom. The number of thioether (sulfide) groups is 1. The topological polar surface area (TPSA) is 54.9 Å². The van der Waals surface area contributed by atoms with Crippen molar-refractivity contribution in [3.8, 4) is 0 Å². The third kappa shape index (κ3) is 2.08. The summed E-state index contributed by atoms with van der Waals surface area (Å²) in [6.45, 7) is 4.01. The van der Waals surface area contributed by atoms with Crippen LogP contribution >= 0.6 is 23.4 Å². The molecule has 4 nitrogen and oxygen atoms in total. The van der Waals surface area contributed by atoms with E-state index < -0.39 is 0 Å². The predicted molar refractivity (Wildman–Crippen MR) is 60.2 cm³/mol. The molecule has 2 heterocycles. The van der Waals surface area contributed by atoms with Crippen molar-refractivity contribution >= 4 is 35.0 Å². The molecule has 1 amide bonds. The van der Waals surface area contributed by atoms with Crippen LogP contribution in [0.3, 0.4) is 0 Å². The predicted octanol–water partition coefficient (Wildman–Crippen LogP) is 2.20. The third-order valence-electron chi connectivity index (χ3n) is 2.08. The molecule has 6 heteroatoms. The quantitative estimate of drug-likeness (QED) is 0.607. The minimum absolute atomic E-state index is 0.00780. The number of carbonyl (C=O) groups is 1. The molecular formula is C9H10ClN3OS. The van der Waals surface area contributed by atoms with E-state index in [1.807, 2.05) is 13.8 Å². The van der Waals surface area contributed by atoms with Crippen molar-refractivity contribution in [3.05, 3.63) is 11.5 Å². The van der Waals surface area contributed by atoms with E-state index in [0.717, 1.165) is 5.03 Å². The number of amides is 1. The molecule has 0 fully saturated rings. The third-order valence-corrected chi connectivity index (χ3v) is 3.81. The number of nitrogens with one attached hydrogen (secondary N) is 1. The average Bonchev–Trinajstić information content (AvgIpc) is 2.17. The van der Waals surface area contributed by atoms with Gasteiger partial charge in [-0.2, -0.15) is 0 Å². The minimum atomic E-state index is -0.108. The molecule has 0 bridgehead atoms. The number of carbonyl (C=O) groups excluding carboxylic acids is 1. The lowest BCUT2D eigenvalue weighted by atomic mass is 10.1. The van der Waals surface area contributed by atoms with Gasteiger partial charge in [0.25, 0.3) is 0 Å². The number of fused-ring (bicyclic) bond motifs is 1. The van der Waals surface area contributed by atoms with Gasteiger partial charge in [-0.3, -0.25) is 4.79 Å². The first-order chi connectivity index (χ1) is 7.08. The van der Waals surface area contributed by atoms with Crippen LogP contribution in [-0.4, -0.2) is 21.1 Å². The van der Waals surface area contributed by atoms with Crippen molar-refractivity contribution in [1.29, 1.82) is 0 Å². The summed E-state index contributed by atoms with van der Waals surface area (Å²) >= 11 is 7.13. The zero-order chi connectivity index (χ0) is 11.0. The highest BCUT2D eigenvalue weighted by Crippen LogP contribution is 2.36. The number of rotatable bonds is 1. The van der Waals surface area contributed by atoms with Crippen molar-refractivity contribution in [2.75, 3.05) is 5.32 Å². The standard InChI is InChI=1S/C9H10ClN3OS/c1-4(2)6-7(14)12-5-3-11-9(10)13-8(5)15-6/h3-4,6H,1-2H3,(H,12,14). The Morgan fingerprint density at radius 3 is 3.00 bits per heavy atom. The highest BCUT2D eigenvalue weighted by Gasteiger charge is 2.30. The fraction of sp³-hybridized carbons (Fsp3) is 0.444. The van der Waals surface area contributed by atoms with E-state index in [0.29, 0.717) is 5.69 Å². The number of anilines is 1. The number of nitrogens with zero attached hydrogens (tertiary/aromatic N) is 2. The summed E-state index contributed by atoms with van der Waals surface area (Å²) in [5.41, 5.74) is 0.645. The average molecular weight is 244 g/mol. The zero-order valence-electron chi connectivity index (χ0n) is 8.32. The van der Waals surface area contributed by atoms with Gasteiger partial charge in [-0.25, -0.2) is 9.97 Å². The van der Waals surface area contributed by atoms with Crippen LogP contribution in [0, 0.1) is 5.92 Å². The largest absolute Gasteiger partial charge is 0.322 e. The highest BCUT2D eigenvalue weighted by atomic mass is 35.5. The molecule has 0 saturated heterocycles. The molecule has 0 radical (unpaired) electrons. The first-order valence-corrected chi connectivity index (χ1v) is 5.83. The molecule has 1 aliphatic heterocycles. The van der Waals surface area contributed by atoms with Gasteiger partial charge < -0.3 is 5.32 Å². The van der Waals surface area contributed by atoms with E-state index in [1.54, 1.807) is 0 Å². The van der Waals surface area contributed by atoms with Gasteiger partial charge in [-0.15, -0.1) is 0 Å². The van der Waals surface area contributed by atoms with Crippen LogP contribution in [0.1, 0.15) is 13.8 Å². The van der Waals surface area contributed by atoms with Crippen molar-refractivity contribution < 1.29 is 4.79 Å². The Balaban J connectivity index is 2.34. The molecule has 1 aliphatic rings. The highest BCUT2D eigenvalue weighted by molar-refractivity contribution is 8.00. The number of hydrogen-bond donors (Lipinski definition) is 1. The fourth-order valence-electron chi connectivity index (χ4n) is 1.34. The SMILES string of the molecule is CC(C)C1Sc2nc(Cl)ncc2NC1=O. The maximum absolute atomic E-state index is 11.7. The summed E-state index contributed by atoms with van der Waals surface area (Å²) in [5.74, 6) is 0.269. The van der Waals surface area contributed by atoms with Crippen LogP contribution in [0.4, 0.5) is 5.69 Å². The van der Waals surface area contributed by atoms with Crippen LogP contribution in [0.2, 0.25) is 5.28 Å². The first kappa shape index (κ1) is 10.7. The second kappa shape index (κ2) is 3.98. The van der Waals surface area contributed by atoms with Crippen molar-refractivity contribution in [3.63, 3.8) is 0 Å². The summed E-state index contributed by atoms with van der Waals surface area (Å²) in [5, 5.41) is 3.62. The second-order valence-electron chi connectivity index (χ2n) is 3.63. The number of halogens is 1. The van der Waals surface area contributed by atoms with Crippen LogP contribution in [0.5, 0.6) is 0 Å². The molecule has 1 atom stereocenters. The summed E-state index contributed by atoms with van der Waals surface area (Å²) < 4.78 is 0. The molecule has 0 aromatic carbocycles. The lowest BCUT2D eigenvalue weighted by Gasteiger charge is -2.25. The fourth-order valence-corrected chi connectivity index (χ4v) is 2.57. The second-order valence-corrected chi connectivity index (χ2v) is 5.10. The van der Waals surface area contributed by atoms with Gasteiger partial charge in [0.2, 0.25) is 11.2 Å². The lowest BCUT2D eigenvalue weighted by Crippen LogP contribution is -2.33. The van der Waals surface area contributed by atoms with Crippen molar-refractivity contribution in [2.24, 2.45) is 5.92 Å². The molecule has 80 valence electrons. The molecule has 1 aromatic heterocycles. The van der Waals surface area contributed by atoms with E-state index >= 15 is 0 Å². The van der Waals surface area contributed by atoms with E-state index in [1.165, 1.54) is 18.0 Å². The molecule has 1 unspecified atom stereocenters. The van der Waals surface area contributed by atoms with Gasteiger partial charge >= 0.3 is 0 Å². The van der Waals surface area contributed by atoms with E-state index in [4.69, 9.17) is 11.6 Å². The maximum atomic E-state index is 11.7. The number of hydrogen-bond acceptors (Lipinski definition) is 4. The molecular weight excluding hydrogens is 234 g/mol. The van der Waals surface area contributed by atoms with Gasteiger partial charge in [-0.05, 0) is 17.5 Å². The monoisotopic (exact) mass is 243 g/mol. The summed E-state index contributed by atoms with van der Waals surface area (Å²) in [7, 11) is 0. The van der Waals surface area contributed by atoms with Crippen molar-refractivity contribution in [1.82, 2.24) is 9.97 Å². The molecule has 0 saturated carbocycles. The summed E-state index contributed by atoms with van der Waals surface area (Å²) in [6, 6.07) is 0. The van der Waals surface area contributed by atoms with E-state index in [9.17, 15) is 4.79 Å². The Hall–Kier alpha value is -0.810. The van der Waals surface area contributed by atoms with Gasteiger partial charge in [0.05, 0.1) is 17.1 Å². The van der Waals surface area contributed by atoms with E-state index in [2.05, 4.69) is 15.3 Å². The Kier molecular flexibility index (Phi) is 2.84.